The molecule has 2 saturated heterocycles. The SMILES string of the molecule is COC(=O)N1CCCC(N2CCC(c3ncc(C)n3C)CC2)CC1. The highest BCUT2D eigenvalue weighted by Gasteiger charge is 2.30. The van der Waals surface area contributed by atoms with Crippen LogP contribution in [0.1, 0.15) is 49.5 Å². The van der Waals surface area contributed by atoms with Gasteiger partial charge in [0.1, 0.15) is 5.82 Å². The first kappa shape index (κ1) is 17.3. The predicted octanol–water partition coefficient (Wildman–Crippen LogP) is 2.53. The molecule has 0 spiro atoms. The predicted molar refractivity (Wildman–Crippen MR) is 93.1 cm³/mol. The smallest absolute Gasteiger partial charge is 0.409 e. The van der Waals surface area contributed by atoms with Crippen LogP contribution in [0.2, 0.25) is 0 Å². The van der Waals surface area contributed by atoms with Gasteiger partial charge in [-0.25, -0.2) is 9.78 Å². The van der Waals surface area contributed by atoms with Crippen molar-refractivity contribution in [2.75, 3.05) is 33.3 Å². The fourth-order valence-electron chi connectivity index (χ4n) is 4.17. The Morgan fingerprint density at radius 3 is 2.54 bits per heavy atom. The van der Waals surface area contributed by atoms with Crippen LogP contribution in [0.3, 0.4) is 0 Å². The molecule has 0 N–H and O–H groups in total. The number of hydrogen-bond donors (Lipinski definition) is 0. The standard InChI is InChI=1S/C18H30N4O2/c1-14-13-19-17(20(14)2)15-6-10-21(11-7-15)16-5-4-9-22(12-8-16)18(23)24-3/h13,15-16H,4-12H2,1-3H3. The minimum absolute atomic E-state index is 0.181. The quantitative estimate of drug-likeness (QED) is 0.834. The molecule has 1 aromatic rings. The van der Waals surface area contributed by atoms with E-state index in [0.29, 0.717) is 12.0 Å². The summed E-state index contributed by atoms with van der Waals surface area (Å²) in [5.74, 6) is 1.82. The summed E-state index contributed by atoms with van der Waals surface area (Å²) in [6.07, 6.45) is 7.47. The number of aromatic nitrogens is 2. The first-order valence-electron chi connectivity index (χ1n) is 9.15. The first-order chi connectivity index (χ1) is 11.6. The van der Waals surface area contributed by atoms with Crippen molar-refractivity contribution in [1.82, 2.24) is 19.4 Å². The van der Waals surface area contributed by atoms with Gasteiger partial charge >= 0.3 is 6.09 Å². The van der Waals surface area contributed by atoms with E-state index >= 15 is 0 Å². The first-order valence-corrected chi connectivity index (χ1v) is 9.15. The summed E-state index contributed by atoms with van der Waals surface area (Å²) in [6.45, 7) is 6.03. The third-order valence-corrected chi connectivity index (χ3v) is 5.80. The lowest BCUT2D eigenvalue weighted by Gasteiger charge is -2.37. The summed E-state index contributed by atoms with van der Waals surface area (Å²) in [5, 5.41) is 0. The van der Waals surface area contributed by atoms with Crippen molar-refractivity contribution in [2.45, 2.75) is 51.0 Å². The number of carbonyl (C=O) groups excluding carboxylic acids is 1. The van der Waals surface area contributed by atoms with Gasteiger partial charge in [-0.3, -0.25) is 0 Å². The van der Waals surface area contributed by atoms with Crippen LogP contribution in [0.4, 0.5) is 4.79 Å². The van der Waals surface area contributed by atoms with Gasteiger partial charge in [0.05, 0.1) is 7.11 Å². The van der Waals surface area contributed by atoms with Crippen LogP contribution in [0.5, 0.6) is 0 Å². The summed E-state index contributed by atoms with van der Waals surface area (Å²) < 4.78 is 7.10. The minimum Gasteiger partial charge on any atom is -0.453 e. The molecule has 6 heteroatoms. The maximum Gasteiger partial charge on any atom is 0.409 e. The van der Waals surface area contributed by atoms with Gasteiger partial charge in [0.25, 0.3) is 0 Å². The Labute approximate surface area is 144 Å². The third kappa shape index (κ3) is 3.58. The lowest BCUT2D eigenvalue weighted by molar-refractivity contribution is 0.118. The number of methoxy groups -OCH3 is 1. The molecule has 0 bridgehead atoms. The summed E-state index contributed by atoms with van der Waals surface area (Å²) in [6, 6.07) is 0.601. The van der Waals surface area contributed by atoms with Crippen molar-refractivity contribution in [3.05, 3.63) is 17.7 Å². The molecule has 2 fully saturated rings. The molecule has 6 nitrogen and oxygen atoms in total. The number of rotatable bonds is 2. The largest absolute Gasteiger partial charge is 0.453 e. The van der Waals surface area contributed by atoms with Gasteiger partial charge < -0.3 is 19.1 Å². The van der Waals surface area contributed by atoms with Crippen molar-refractivity contribution in [1.29, 1.82) is 0 Å². The molecular weight excluding hydrogens is 304 g/mol. The molecule has 2 aliphatic heterocycles. The summed E-state index contributed by atoms with van der Waals surface area (Å²) in [5.41, 5.74) is 1.24. The molecule has 2 aliphatic rings. The zero-order valence-corrected chi connectivity index (χ0v) is 15.2. The van der Waals surface area contributed by atoms with Crippen LogP contribution >= 0.6 is 0 Å². The van der Waals surface area contributed by atoms with Crippen molar-refractivity contribution in [2.24, 2.45) is 7.05 Å². The van der Waals surface area contributed by atoms with Crippen molar-refractivity contribution in [3.8, 4) is 0 Å². The number of piperidine rings is 1. The number of imidazole rings is 1. The molecule has 1 aromatic heterocycles. The second-order valence-corrected chi connectivity index (χ2v) is 7.17. The number of amides is 1. The molecule has 0 aromatic carbocycles. The van der Waals surface area contributed by atoms with E-state index in [9.17, 15) is 4.79 Å². The van der Waals surface area contributed by atoms with Gasteiger partial charge in [0.2, 0.25) is 0 Å². The Hall–Kier alpha value is -1.56. The number of hydrogen-bond acceptors (Lipinski definition) is 4. The minimum atomic E-state index is -0.181. The van der Waals surface area contributed by atoms with Gasteiger partial charge in [-0.15, -0.1) is 0 Å². The van der Waals surface area contributed by atoms with E-state index in [1.165, 1.54) is 37.9 Å². The molecule has 1 unspecified atom stereocenters. The number of carbonyl (C=O) groups is 1. The summed E-state index contributed by atoms with van der Waals surface area (Å²) in [7, 11) is 3.59. The molecule has 0 saturated carbocycles. The van der Waals surface area contributed by atoms with Crippen molar-refractivity contribution >= 4 is 6.09 Å². The summed E-state index contributed by atoms with van der Waals surface area (Å²) >= 11 is 0. The van der Waals surface area contributed by atoms with E-state index in [0.717, 1.165) is 39.0 Å². The normalized spacial score (nSPS) is 24.0. The van der Waals surface area contributed by atoms with Crippen molar-refractivity contribution in [3.63, 3.8) is 0 Å². The maximum absolute atomic E-state index is 11.7. The fraction of sp³-hybridized carbons (Fsp3) is 0.778. The zero-order valence-electron chi connectivity index (χ0n) is 15.2. The van der Waals surface area contributed by atoms with Gasteiger partial charge in [0.15, 0.2) is 0 Å². The van der Waals surface area contributed by atoms with E-state index in [-0.39, 0.29) is 6.09 Å². The number of likely N-dealkylation sites (tertiary alicyclic amines) is 2. The van der Waals surface area contributed by atoms with Gasteiger partial charge in [-0.1, -0.05) is 0 Å². The highest BCUT2D eigenvalue weighted by Crippen LogP contribution is 2.30. The van der Waals surface area contributed by atoms with E-state index in [1.54, 1.807) is 0 Å². The number of ether oxygens (including phenoxy) is 1. The Morgan fingerprint density at radius 2 is 1.92 bits per heavy atom. The van der Waals surface area contributed by atoms with Gasteiger partial charge in [-0.2, -0.15) is 0 Å². The Morgan fingerprint density at radius 1 is 1.17 bits per heavy atom. The monoisotopic (exact) mass is 334 g/mol. The van der Waals surface area contributed by atoms with Crippen LogP contribution in [-0.4, -0.2) is 64.8 Å². The Balaban J connectivity index is 1.53. The molecule has 3 heterocycles. The van der Waals surface area contributed by atoms with Crippen LogP contribution in [0.25, 0.3) is 0 Å². The van der Waals surface area contributed by atoms with Crippen LogP contribution in [0, 0.1) is 6.92 Å². The maximum atomic E-state index is 11.7. The molecule has 0 radical (unpaired) electrons. The van der Waals surface area contributed by atoms with E-state index in [2.05, 4.69) is 28.4 Å². The molecule has 3 rings (SSSR count). The molecular formula is C18H30N4O2. The van der Waals surface area contributed by atoms with Crippen LogP contribution in [0.15, 0.2) is 6.20 Å². The average molecular weight is 334 g/mol. The zero-order chi connectivity index (χ0) is 17.1. The Bertz CT molecular complexity index is 563. The van der Waals surface area contributed by atoms with Gasteiger partial charge in [0, 0.05) is 44.0 Å². The Kier molecular flexibility index (Phi) is 5.43. The van der Waals surface area contributed by atoms with Crippen LogP contribution < -0.4 is 0 Å². The second-order valence-electron chi connectivity index (χ2n) is 7.17. The molecule has 134 valence electrons. The highest BCUT2D eigenvalue weighted by atomic mass is 16.5. The van der Waals surface area contributed by atoms with E-state index in [1.807, 2.05) is 11.1 Å². The number of aryl methyl sites for hydroxylation is 1. The van der Waals surface area contributed by atoms with Crippen LogP contribution in [-0.2, 0) is 11.8 Å². The molecule has 24 heavy (non-hydrogen) atoms. The molecule has 1 amide bonds. The lowest BCUT2D eigenvalue weighted by atomic mass is 9.93. The topological polar surface area (TPSA) is 50.6 Å². The highest BCUT2D eigenvalue weighted by molar-refractivity contribution is 5.67. The van der Waals surface area contributed by atoms with E-state index in [4.69, 9.17) is 4.74 Å². The van der Waals surface area contributed by atoms with Crippen molar-refractivity contribution < 1.29 is 9.53 Å². The lowest BCUT2D eigenvalue weighted by Crippen LogP contribution is -2.42. The third-order valence-electron chi connectivity index (χ3n) is 5.80. The molecule has 1 atom stereocenters. The van der Waals surface area contributed by atoms with Gasteiger partial charge in [-0.05, 0) is 52.1 Å². The summed E-state index contributed by atoms with van der Waals surface area (Å²) in [4.78, 5) is 20.8. The second kappa shape index (κ2) is 7.55. The van der Waals surface area contributed by atoms with E-state index < -0.39 is 0 Å². The average Bonchev–Trinajstić information content (AvgIpc) is 2.81. The number of nitrogens with zero attached hydrogens (tertiary/aromatic N) is 4. The molecule has 0 aliphatic carbocycles. The fourth-order valence-corrected chi connectivity index (χ4v) is 4.17.